The topological polar surface area (TPSA) is 16.4 Å². The highest BCUT2D eigenvalue weighted by Gasteiger charge is 2.47. The first-order valence-corrected chi connectivity index (χ1v) is 23.0. The molecule has 2 heteroatoms. The van der Waals surface area contributed by atoms with Crippen molar-refractivity contribution < 1.29 is 4.42 Å². The van der Waals surface area contributed by atoms with E-state index >= 15 is 0 Å². The Morgan fingerprint density at radius 3 is 1.48 bits per heavy atom. The standard InChI is InChI=1S/C64H45NO/c1-63(2)55-31-14-12-25-50(55)51-40-39-47(41-58(51)63)65(46-37-35-43(36-38-46)49-28-17-30-53-52-29-16-27-48(61(52)66-62(49)53)42-19-6-3-7-20-42)59-34-18-33-57-60(59)54-26-13-15-32-56(54)64(57,44-21-8-4-9-22-44)45-23-10-5-11-24-45/h3-41H,1-2H3. The maximum absolute atomic E-state index is 6.89. The predicted molar refractivity (Wildman–Crippen MR) is 274 cm³/mol. The van der Waals surface area contributed by atoms with Gasteiger partial charge in [-0.1, -0.05) is 220 Å². The lowest BCUT2D eigenvalue weighted by Gasteiger charge is -2.34. The minimum Gasteiger partial charge on any atom is -0.455 e. The molecule has 1 aromatic heterocycles. The lowest BCUT2D eigenvalue weighted by atomic mass is 9.68. The molecule has 66 heavy (non-hydrogen) atoms. The van der Waals surface area contributed by atoms with E-state index in [0.717, 1.165) is 61.3 Å². The molecule has 0 radical (unpaired) electrons. The molecule has 1 heterocycles. The Labute approximate surface area is 385 Å². The van der Waals surface area contributed by atoms with Gasteiger partial charge in [0.1, 0.15) is 11.2 Å². The van der Waals surface area contributed by atoms with Crippen LogP contribution in [-0.4, -0.2) is 0 Å². The van der Waals surface area contributed by atoms with Gasteiger partial charge in [0.15, 0.2) is 0 Å². The van der Waals surface area contributed by atoms with E-state index in [2.05, 4.69) is 255 Å². The molecule has 2 nitrogen and oxygen atoms in total. The summed E-state index contributed by atoms with van der Waals surface area (Å²) in [6.45, 7) is 4.74. The van der Waals surface area contributed by atoms with Crippen molar-refractivity contribution >= 4 is 39.0 Å². The molecule has 10 aromatic carbocycles. The van der Waals surface area contributed by atoms with Crippen LogP contribution in [0.25, 0.3) is 66.4 Å². The molecule has 0 N–H and O–H groups in total. The molecule has 0 atom stereocenters. The zero-order chi connectivity index (χ0) is 44.0. The summed E-state index contributed by atoms with van der Waals surface area (Å²) in [5, 5.41) is 2.24. The van der Waals surface area contributed by atoms with Gasteiger partial charge in [0.25, 0.3) is 0 Å². The van der Waals surface area contributed by atoms with Gasteiger partial charge in [-0.15, -0.1) is 0 Å². The van der Waals surface area contributed by atoms with Crippen molar-refractivity contribution in [2.45, 2.75) is 24.7 Å². The van der Waals surface area contributed by atoms with E-state index < -0.39 is 5.41 Å². The highest BCUT2D eigenvalue weighted by molar-refractivity contribution is 6.13. The summed E-state index contributed by atoms with van der Waals surface area (Å²) >= 11 is 0. The summed E-state index contributed by atoms with van der Waals surface area (Å²) in [7, 11) is 0. The molecule has 0 fully saturated rings. The molecule has 2 aliphatic rings. The monoisotopic (exact) mass is 843 g/mol. The smallest absolute Gasteiger partial charge is 0.143 e. The Balaban J connectivity index is 1.03. The van der Waals surface area contributed by atoms with Crippen LogP contribution in [0.2, 0.25) is 0 Å². The Bertz CT molecular complexity index is 3620. The summed E-state index contributed by atoms with van der Waals surface area (Å²) in [4.78, 5) is 2.50. The van der Waals surface area contributed by atoms with Crippen LogP contribution in [0.15, 0.2) is 241 Å². The van der Waals surface area contributed by atoms with Gasteiger partial charge in [-0.2, -0.15) is 0 Å². The van der Waals surface area contributed by atoms with E-state index in [-0.39, 0.29) is 5.41 Å². The van der Waals surface area contributed by atoms with Gasteiger partial charge in [0, 0.05) is 44.3 Å². The van der Waals surface area contributed by atoms with Crippen LogP contribution in [0.1, 0.15) is 47.2 Å². The molecule has 0 bridgehead atoms. The van der Waals surface area contributed by atoms with Crippen molar-refractivity contribution in [3.63, 3.8) is 0 Å². The van der Waals surface area contributed by atoms with Crippen LogP contribution in [-0.2, 0) is 10.8 Å². The Hall–Kier alpha value is -8.20. The summed E-state index contributed by atoms with van der Waals surface area (Å²) in [6.07, 6.45) is 0. The molecule has 0 saturated carbocycles. The molecule has 11 aromatic rings. The summed E-state index contributed by atoms with van der Waals surface area (Å²) in [5.41, 5.74) is 21.8. The maximum atomic E-state index is 6.89. The number of rotatable bonds is 7. The minimum atomic E-state index is -0.521. The van der Waals surface area contributed by atoms with E-state index in [4.69, 9.17) is 4.42 Å². The van der Waals surface area contributed by atoms with Crippen LogP contribution >= 0.6 is 0 Å². The van der Waals surface area contributed by atoms with Crippen molar-refractivity contribution in [2.24, 2.45) is 0 Å². The highest BCUT2D eigenvalue weighted by atomic mass is 16.3. The van der Waals surface area contributed by atoms with Crippen molar-refractivity contribution in [1.82, 2.24) is 0 Å². The van der Waals surface area contributed by atoms with E-state index in [0.29, 0.717) is 0 Å². The molecule has 0 amide bonds. The second-order valence-corrected chi connectivity index (χ2v) is 18.3. The van der Waals surface area contributed by atoms with Crippen LogP contribution < -0.4 is 4.90 Å². The van der Waals surface area contributed by atoms with Gasteiger partial charge in [-0.25, -0.2) is 0 Å². The van der Waals surface area contributed by atoms with Gasteiger partial charge in [-0.05, 0) is 91.5 Å². The number of nitrogens with zero attached hydrogens (tertiary/aromatic N) is 1. The Kier molecular flexibility index (Phi) is 8.51. The first-order chi connectivity index (χ1) is 32.5. The zero-order valence-corrected chi connectivity index (χ0v) is 36.9. The second kappa shape index (κ2) is 14.7. The van der Waals surface area contributed by atoms with Crippen molar-refractivity contribution in [1.29, 1.82) is 0 Å². The third-order valence-corrected chi connectivity index (χ3v) is 14.6. The molecule has 312 valence electrons. The van der Waals surface area contributed by atoms with Crippen molar-refractivity contribution in [3.05, 3.63) is 270 Å². The second-order valence-electron chi connectivity index (χ2n) is 18.3. The summed E-state index contributed by atoms with van der Waals surface area (Å²) in [6, 6.07) is 86.8. The molecule has 0 saturated heterocycles. The molecule has 0 spiro atoms. The van der Waals surface area contributed by atoms with Crippen molar-refractivity contribution in [2.75, 3.05) is 4.90 Å². The van der Waals surface area contributed by atoms with Crippen LogP contribution in [0.5, 0.6) is 0 Å². The lowest BCUT2D eigenvalue weighted by molar-refractivity contribution is 0.660. The molecule has 0 unspecified atom stereocenters. The molecule has 2 aliphatic carbocycles. The number of hydrogen-bond acceptors (Lipinski definition) is 2. The first-order valence-electron chi connectivity index (χ1n) is 23.0. The number of para-hydroxylation sites is 2. The zero-order valence-electron chi connectivity index (χ0n) is 36.9. The van der Waals surface area contributed by atoms with Crippen LogP contribution in [0, 0.1) is 0 Å². The van der Waals surface area contributed by atoms with E-state index in [9.17, 15) is 0 Å². The van der Waals surface area contributed by atoms with E-state index in [1.54, 1.807) is 0 Å². The van der Waals surface area contributed by atoms with Gasteiger partial charge >= 0.3 is 0 Å². The largest absolute Gasteiger partial charge is 0.455 e. The Morgan fingerprint density at radius 2 is 0.833 bits per heavy atom. The van der Waals surface area contributed by atoms with Gasteiger partial charge in [0.05, 0.1) is 11.1 Å². The fourth-order valence-electron chi connectivity index (χ4n) is 11.6. The molecular formula is C64H45NO. The van der Waals surface area contributed by atoms with Crippen LogP contribution in [0.3, 0.4) is 0 Å². The molecular weight excluding hydrogens is 799 g/mol. The maximum Gasteiger partial charge on any atom is 0.143 e. The SMILES string of the molecule is CC1(C)c2ccccc2-c2ccc(N(c3ccc(-c4cccc5c4oc4c(-c6ccccc6)cccc45)cc3)c3cccc4c3-c3ccccc3C4(c3ccccc3)c3ccccc3)cc21. The fourth-order valence-corrected chi connectivity index (χ4v) is 11.6. The average molecular weight is 844 g/mol. The van der Waals surface area contributed by atoms with Crippen molar-refractivity contribution in [3.8, 4) is 44.5 Å². The fraction of sp³-hybridized carbons (Fsp3) is 0.0625. The number of hydrogen-bond donors (Lipinski definition) is 0. The van der Waals surface area contributed by atoms with E-state index in [1.807, 2.05) is 0 Å². The van der Waals surface area contributed by atoms with Crippen LogP contribution in [0.4, 0.5) is 17.1 Å². The highest BCUT2D eigenvalue weighted by Crippen LogP contribution is 2.60. The average Bonchev–Trinajstić information content (AvgIpc) is 3.99. The number of benzene rings is 10. The minimum absolute atomic E-state index is 0.163. The Morgan fingerprint density at radius 1 is 0.348 bits per heavy atom. The van der Waals surface area contributed by atoms with E-state index in [1.165, 1.54) is 55.6 Å². The van der Waals surface area contributed by atoms with Gasteiger partial charge < -0.3 is 9.32 Å². The summed E-state index contributed by atoms with van der Waals surface area (Å²) in [5.74, 6) is 0. The van der Waals surface area contributed by atoms with Gasteiger partial charge in [0.2, 0.25) is 0 Å². The number of furan rings is 1. The quantitative estimate of drug-likeness (QED) is 0.159. The third-order valence-electron chi connectivity index (χ3n) is 14.6. The molecule has 13 rings (SSSR count). The molecule has 0 aliphatic heterocycles. The third kappa shape index (κ3) is 5.48. The predicted octanol–water partition coefficient (Wildman–Crippen LogP) is 17.1. The number of anilines is 3. The number of fused-ring (bicyclic) bond motifs is 9. The summed E-state index contributed by atoms with van der Waals surface area (Å²) < 4.78 is 6.89. The first kappa shape index (κ1) is 38.3. The lowest BCUT2D eigenvalue weighted by Crippen LogP contribution is -2.28. The normalized spacial score (nSPS) is 13.8. The van der Waals surface area contributed by atoms with Gasteiger partial charge in [-0.3, -0.25) is 0 Å².